The van der Waals surface area contributed by atoms with Crippen LogP contribution in [0.25, 0.3) is 0 Å². The molecule has 31 heavy (non-hydrogen) atoms. The minimum atomic E-state index is -2.24. The lowest BCUT2D eigenvalue weighted by Crippen LogP contribution is -2.70. The van der Waals surface area contributed by atoms with Crippen LogP contribution in [0.2, 0.25) is 0 Å². The number of alkyl halides is 2. The van der Waals surface area contributed by atoms with E-state index in [1.54, 1.807) is 13.8 Å². The van der Waals surface area contributed by atoms with Crippen molar-refractivity contribution >= 4 is 29.5 Å². The maximum Gasteiger partial charge on any atom is 0.303 e. The predicted molar refractivity (Wildman–Crippen MR) is 112 cm³/mol. The van der Waals surface area contributed by atoms with Gasteiger partial charge in [0.2, 0.25) is 5.12 Å². The molecule has 0 heterocycles. The largest absolute Gasteiger partial charge is 0.449 e. The van der Waals surface area contributed by atoms with Crippen LogP contribution in [0.4, 0.5) is 8.78 Å². The Hall–Kier alpha value is -1.54. The highest BCUT2D eigenvalue weighted by molar-refractivity contribution is 7.96. The van der Waals surface area contributed by atoms with Crippen LogP contribution in [-0.2, 0) is 19.1 Å². The van der Waals surface area contributed by atoms with Gasteiger partial charge in [-0.25, -0.2) is 8.78 Å². The third-order valence-electron chi connectivity index (χ3n) is 8.79. The lowest BCUT2D eigenvalue weighted by molar-refractivity contribution is -0.228. The molecule has 0 aromatic carbocycles. The number of esters is 1. The average molecular weight is 455 g/mol. The van der Waals surface area contributed by atoms with E-state index >= 15 is 8.78 Å². The molecule has 4 unspecified atom stereocenters. The van der Waals surface area contributed by atoms with Gasteiger partial charge in [0, 0.05) is 29.6 Å². The number of fused-ring (bicyclic) bond motifs is 5. The van der Waals surface area contributed by atoms with Crippen molar-refractivity contribution in [2.24, 2.45) is 28.6 Å². The number of aliphatic hydroxyl groups excluding tert-OH is 1. The molecule has 4 aliphatic carbocycles. The number of halogens is 2. The molecule has 0 spiro atoms. The van der Waals surface area contributed by atoms with E-state index in [1.807, 2.05) is 0 Å². The number of carbonyl (C=O) groups is 3. The molecule has 4 rings (SSSR count). The fourth-order valence-electron chi connectivity index (χ4n) is 7.47. The normalized spacial score (nSPS) is 50.8. The second kappa shape index (κ2) is 6.73. The zero-order valence-electron chi connectivity index (χ0n) is 18.0. The van der Waals surface area contributed by atoms with Crippen LogP contribution >= 0.6 is 12.6 Å². The van der Waals surface area contributed by atoms with E-state index in [0.29, 0.717) is 6.42 Å². The van der Waals surface area contributed by atoms with Crippen LogP contribution in [-0.4, -0.2) is 45.5 Å². The summed E-state index contributed by atoms with van der Waals surface area (Å²) >= 11 is 4.05. The van der Waals surface area contributed by atoms with Crippen molar-refractivity contribution in [3.8, 4) is 0 Å². The van der Waals surface area contributed by atoms with Gasteiger partial charge >= 0.3 is 5.97 Å². The Labute approximate surface area is 185 Å². The Morgan fingerprint density at radius 1 is 1.26 bits per heavy atom. The summed E-state index contributed by atoms with van der Waals surface area (Å²) in [5.41, 5.74) is -6.46. The van der Waals surface area contributed by atoms with Gasteiger partial charge in [0.15, 0.2) is 17.1 Å². The molecule has 0 saturated heterocycles. The summed E-state index contributed by atoms with van der Waals surface area (Å²) in [6.07, 6.45) is 0.549. The van der Waals surface area contributed by atoms with Crippen LogP contribution in [0, 0.1) is 28.6 Å². The second-order valence-electron chi connectivity index (χ2n) is 10.1. The standard InChI is InChI=1S/C23H28F2O5S/c1-11-7-14-15-9-17(24)16-8-13(27)5-6-20(16,3)22(15,25)18(28)10-21(14,4)23(11,19(29)31)30-12(2)26/h5-6,8,11,14-15,17-18,28H,7,9-10H2,1-4H3,(H,29,31)/t11?,14-,15-,17?,18?,20-,21-,22-,23?/m0/s1. The first-order chi connectivity index (χ1) is 14.3. The van der Waals surface area contributed by atoms with Gasteiger partial charge in [-0.2, -0.15) is 0 Å². The molecule has 3 saturated carbocycles. The second-order valence-corrected chi connectivity index (χ2v) is 10.5. The minimum absolute atomic E-state index is 0.0453. The molecule has 3 fully saturated rings. The molecule has 9 atom stereocenters. The number of carbonyl (C=O) groups excluding carboxylic acids is 3. The molecule has 0 bridgehead atoms. The molecule has 0 amide bonds. The minimum Gasteiger partial charge on any atom is -0.449 e. The maximum absolute atomic E-state index is 17.1. The van der Waals surface area contributed by atoms with Crippen LogP contribution in [0.15, 0.2) is 23.8 Å². The summed E-state index contributed by atoms with van der Waals surface area (Å²) in [6.45, 7) is 6.17. The number of ketones is 1. The molecule has 0 aromatic heterocycles. The van der Waals surface area contributed by atoms with Crippen LogP contribution in [0.3, 0.4) is 0 Å². The Balaban J connectivity index is 1.89. The zero-order valence-corrected chi connectivity index (χ0v) is 18.9. The van der Waals surface area contributed by atoms with Gasteiger partial charge in [0.1, 0.15) is 6.17 Å². The average Bonchev–Trinajstić information content (AvgIpc) is 2.87. The van der Waals surface area contributed by atoms with E-state index in [4.69, 9.17) is 4.74 Å². The monoisotopic (exact) mass is 454 g/mol. The summed E-state index contributed by atoms with van der Waals surface area (Å²) < 4.78 is 38.0. The van der Waals surface area contributed by atoms with Gasteiger partial charge in [-0.3, -0.25) is 14.4 Å². The molecule has 0 radical (unpaired) electrons. The molecule has 5 nitrogen and oxygen atoms in total. The zero-order chi connectivity index (χ0) is 23.1. The van der Waals surface area contributed by atoms with E-state index in [0.717, 1.165) is 6.08 Å². The van der Waals surface area contributed by atoms with E-state index < -0.39 is 69.0 Å². The molecule has 8 heteroatoms. The van der Waals surface area contributed by atoms with Crippen molar-refractivity contribution in [3.63, 3.8) is 0 Å². The number of ether oxygens (including phenoxy) is 1. The highest BCUT2D eigenvalue weighted by Crippen LogP contribution is 2.71. The van der Waals surface area contributed by atoms with E-state index in [9.17, 15) is 19.5 Å². The quantitative estimate of drug-likeness (QED) is 0.494. The Kier molecular flexibility index (Phi) is 4.92. The molecule has 0 aliphatic heterocycles. The highest BCUT2D eigenvalue weighted by atomic mass is 32.1. The lowest BCUT2D eigenvalue weighted by atomic mass is 9.44. The fraction of sp³-hybridized carbons (Fsp3) is 0.696. The Morgan fingerprint density at radius 3 is 2.48 bits per heavy atom. The lowest BCUT2D eigenvalue weighted by Gasteiger charge is -2.63. The topological polar surface area (TPSA) is 80.7 Å². The van der Waals surface area contributed by atoms with Gasteiger partial charge in [-0.1, -0.05) is 19.9 Å². The van der Waals surface area contributed by atoms with Crippen molar-refractivity contribution in [1.29, 1.82) is 0 Å². The Bertz CT molecular complexity index is 933. The van der Waals surface area contributed by atoms with Crippen molar-refractivity contribution in [2.45, 2.75) is 70.5 Å². The number of hydrogen-bond donors (Lipinski definition) is 2. The van der Waals surface area contributed by atoms with Gasteiger partial charge in [-0.05, 0) is 49.8 Å². The van der Waals surface area contributed by atoms with E-state index in [2.05, 4.69) is 12.6 Å². The first kappa shape index (κ1) is 22.6. The summed E-state index contributed by atoms with van der Waals surface area (Å²) in [5.74, 6) is -3.04. The van der Waals surface area contributed by atoms with Crippen molar-refractivity contribution in [2.75, 3.05) is 0 Å². The molecule has 170 valence electrons. The molecular weight excluding hydrogens is 426 g/mol. The number of thiol groups is 1. The van der Waals surface area contributed by atoms with Crippen molar-refractivity contribution < 1.29 is 33.0 Å². The molecule has 0 aromatic rings. The molecule has 4 aliphatic rings. The number of rotatable bonds is 2. The van der Waals surface area contributed by atoms with Crippen molar-refractivity contribution in [3.05, 3.63) is 23.8 Å². The van der Waals surface area contributed by atoms with Crippen LogP contribution in [0.5, 0.6) is 0 Å². The Morgan fingerprint density at radius 2 is 1.90 bits per heavy atom. The van der Waals surface area contributed by atoms with Gasteiger partial charge in [0.05, 0.1) is 6.10 Å². The SMILES string of the molecule is CC(=O)OC1(C(=O)S)C(C)C[C@H]2[C@@H]3CC(F)C4=CC(=O)C=C[C@]4(C)[C@@]3(F)C(O)C[C@@]21C. The van der Waals surface area contributed by atoms with Gasteiger partial charge in [0.25, 0.3) is 0 Å². The summed E-state index contributed by atoms with van der Waals surface area (Å²) in [4.78, 5) is 36.6. The predicted octanol–water partition coefficient (Wildman–Crippen LogP) is 3.31. The first-order valence-corrected chi connectivity index (χ1v) is 11.1. The van der Waals surface area contributed by atoms with E-state index in [-0.39, 0.29) is 18.4 Å². The highest BCUT2D eigenvalue weighted by Gasteiger charge is 2.77. The summed E-state index contributed by atoms with van der Waals surface area (Å²) in [6, 6.07) is 0. The number of hydrogen-bond acceptors (Lipinski definition) is 5. The first-order valence-electron chi connectivity index (χ1n) is 10.6. The smallest absolute Gasteiger partial charge is 0.303 e. The van der Waals surface area contributed by atoms with Crippen molar-refractivity contribution in [1.82, 2.24) is 0 Å². The number of aliphatic hydroxyl groups is 1. The van der Waals surface area contributed by atoms with Crippen LogP contribution in [0.1, 0.15) is 47.0 Å². The maximum atomic E-state index is 17.1. The van der Waals surface area contributed by atoms with Gasteiger partial charge < -0.3 is 9.84 Å². The summed E-state index contributed by atoms with van der Waals surface area (Å²) in [5, 5.41) is 10.6. The third-order valence-corrected chi connectivity index (χ3v) is 9.12. The third kappa shape index (κ3) is 2.55. The van der Waals surface area contributed by atoms with E-state index in [1.165, 1.54) is 26.0 Å². The molecular formula is C23H28F2O5S. The fourth-order valence-corrected chi connectivity index (χ4v) is 7.99. The summed E-state index contributed by atoms with van der Waals surface area (Å²) in [7, 11) is 0. The van der Waals surface area contributed by atoms with Gasteiger partial charge in [-0.15, -0.1) is 12.6 Å². The number of allylic oxidation sites excluding steroid dienone is 4. The van der Waals surface area contributed by atoms with Crippen LogP contribution < -0.4 is 0 Å². The molecule has 1 N–H and O–H groups in total.